The Morgan fingerprint density at radius 1 is 1.33 bits per heavy atom. The number of nitrogens with one attached hydrogen (secondary N) is 1. The minimum Gasteiger partial charge on any atom is -0.350 e. The van der Waals surface area contributed by atoms with Crippen molar-refractivity contribution in [2.75, 3.05) is 13.1 Å². The predicted molar refractivity (Wildman–Crippen MR) is 85.7 cm³/mol. The first-order chi connectivity index (χ1) is 9.97. The average molecular weight is 287 g/mol. The van der Waals surface area contributed by atoms with Crippen LogP contribution in [0.15, 0.2) is 18.3 Å². The van der Waals surface area contributed by atoms with Gasteiger partial charge in [-0.25, -0.2) is 4.98 Å². The molecule has 0 saturated heterocycles. The van der Waals surface area contributed by atoms with Crippen LogP contribution in [0.1, 0.15) is 43.7 Å². The highest BCUT2D eigenvalue weighted by molar-refractivity contribution is 5.94. The molecule has 21 heavy (non-hydrogen) atoms. The standard InChI is InChI=1S/C17H25N3O/c1-12(2)15(13(3)4)11-20-17(21)16-14(7-5-9-18)8-6-10-19-16/h6,8,10,12-13,15H,9,11,18H2,1-4H3,(H,20,21). The zero-order chi connectivity index (χ0) is 15.8. The van der Waals surface area contributed by atoms with E-state index in [1.165, 1.54) is 0 Å². The Bertz CT molecular complexity index is 518. The number of nitrogens with two attached hydrogens (primary N) is 1. The molecule has 1 aromatic heterocycles. The van der Waals surface area contributed by atoms with Crippen LogP contribution in [0.25, 0.3) is 0 Å². The van der Waals surface area contributed by atoms with Gasteiger partial charge in [0, 0.05) is 12.7 Å². The number of rotatable bonds is 5. The maximum absolute atomic E-state index is 12.3. The Kier molecular flexibility index (Phi) is 6.90. The lowest BCUT2D eigenvalue weighted by Crippen LogP contribution is -2.34. The number of hydrogen-bond donors (Lipinski definition) is 2. The zero-order valence-electron chi connectivity index (χ0n) is 13.3. The molecule has 1 heterocycles. The van der Waals surface area contributed by atoms with Crippen LogP contribution >= 0.6 is 0 Å². The maximum Gasteiger partial charge on any atom is 0.271 e. The zero-order valence-corrected chi connectivity index (χ0v) is 13.3. The normalized spacial score (nSPS) is 10.7. The van der Waals surface area contributed by atoms with Crippen molar-refractivity contribution in [2.24, 2.45) is 23.5 Å². The van der Waals surface area contributed by atoms with Crippen LogP contribution in [0.3, 0.4) is 0 Å². The summed E-state index contributed by atoms with van der Waals surface area (Å²) in [6.07, 6.45) is 1.60. The van der Waals surface area contributed by atoms with Gasteiger partial charge in [0.25, 0.3) is 5.91 Å². The number of pyridine rings is 1. The largest absolute Gasteiger partial charge is 0.350 e. The Balaban J connectivity index is 2.81. The Morgan fingerprint density at radius 3 is 2.57 bits per heavy atom. The third kappa shape index (κ3) is 5.20. The fraction of sp³-hybridized carbons (Fsp3) is 0.529. The van der Waals surface area contributed by atoms with E-state index in [1.54, 1.807) is 18.3 Å². The molecule has 1 aromatic rings. The molecule has 0 aliphatic carbocycles. The van der Waals surface area contributed by atoms with E-state index in [4.69, 9.17) is 5.73 Å². The molecule has 1 amide bonds. The van der Waals surface area contributed by atoms with Crippen LogP contribution < -0.4 is 11.1 Å². The molecule has 0 radical (unpaired) electrons. The van der Waals surface area contributed by atoms with Crippen LogP contribution in [0.4, 0.5) is 0 Å². The second kappa shape index (κ2) is 8.43. The van der Waals surface area contributed by atoms with Crippen molar-refractivity contribution >= 4 is 5.91 Å². The van der Waals surface area contributed by atoms with Crippen LogP contribution in [0, 0.1) is 29.6 Å². The smallest absolute Gasteiger partial charge is 0.271 e. The van der Waals surface area contributed by atoms with Crippen molar-refractivity contribution in [2.45, 2.75) is 27.7 Å². The van der Waals surface area contributed by atoms with Crippen molar-refractivity contribution in [1.29, 1.82) is 0 Å². The van der Waals surface area contributed by atoms with Crippen molar-refractivity contribution < 1.29 is 4.79 Å². The van der Waals surface area contributed by atoms with Crippen molar-refractivity contribution in [1.82, 2.24) is 10.3 Å². The number of amides is 1. The van der Waals surface area contributed by atoms with E-state index in [1.807, 2.05) is 0 Å². The number of aromatic nitrogens is 1. The predicted octanol–water partition coefficient (Wildman–Crippen LogP) is 2.05. The highest BCUT2D eigenvalue weighted by Gasteiger charge is 2.19. The van der Waals surface area contributed by atoms with Gasteiger partial charge in [0.15, 0.2) is 0 Å². The molecule has 0 aliphatic heterocycles. The number of hydrogen-bond acceptors (Lipinski definition) is 3. The molecule has 0 bridgehead atoms. The van der Waals surface area contributed by atoms with Gasteiger partial charge >= 0.3 is 0 Å². The summed E-state index contributed by atoms with van der Waals surface area (Å²) < 4.78 is 0. The second-order valence-corrected chi connectivity index (χ2v) is 5.77. The Hall–Kier alpha value is -1.86. The fourth-order valence-electron chi connectivity index (χ4n) is 2.37. The van der Waals surface area contributed by atoms with E-state index in [2.05, 4.69) is 49.8 Å². The van der Waals surface area contributed by atoms with E-state index >= 15 is 0 Å². The average Bonchev–Trinajstić information content (AvgIpc) is 2.44. The lowest BCUT2D eigenvalue weighted by Gasteiger charge is -2.25. The Labute approximate surface area is 127 Å². The molecule has 0 fully saturated rings. The van der Waals surface area contributed by atoms with E-state index in [9.17, 15) is 4.79 Å². The molecule has 0 atom stereocenters. The summed E-state index contributed by atoms with van der Waals surface area (Å²) in [4.78, 5) is 16.4. The van der Waals surface area contributed by atoms with Crippen molar-refractivity contribution in [3.8, 4) is 11.8 Å². The summed E-state index contributed by atoms with van der Waals surface area (Å²) in [6, 6.07) is 3.55. The first-order valence-electron chi connectivity index (χ1n) is 7.39. The van der Waals surface area contributed by atoms with Gasteiger partial charge in [-0.05, 0) is 29.9 Å². The van der Waals surface area contributed by atoms with Crippen LogP contribution in [0.5, 0.6) is 0 Å². The van der Waals surface area contributed by atoms with E-state index in [-0.39, 0.29) is 12.5 Å². The number of carbonyl (C=O) groups is 1. The molecule has 0 aliphatic rings. The summed E-state index contributed by atoms with van der Waals surface area (Å²) in [5.41, 5.74) is 6.36. The molecule has 0 unspecified atom stereocenters. The van der Waals surface area contributed by atoms with Crippen LogP contribution in [-0.4, -0.2) is 24.0 Å². The lowest BCUT2D eigenvalue weighted by molar-refractivity contribution is 0.0932. The summed E-state index contributed by atoms with van der Waals surface area (Å²) in [5.74, 6) is 6.95. The number of carbonyl (C=O) groups excluding carboxylic acids is 1. The van der Waals surface area contributed by atoms with E-state index < -0.39 is 0 Å². The van der Waals surface area contributed by atoms with Gasteiger partial charge in [-0.3, -0.25) is 4.79 Å². The highest BCUT2D eigenvalue weighted by atomic mass is 16.1. The van der Waals surface area contributed by atoms with Gasteiger partial charge in [0.2, 0.25) is 0 Å². The molecule has 4 heteroatoms. The van der Waals surface area contributed by atoms with Gasteiger partial charge in [0.05, 0.1) is 12.1 Å². The molecular weight excluding hydrogens is 262 g/mol. The van der Waals surface area contributed by atoms with Crippen molar-refractivity contribution in [3.63, 3.8) is 0 Å². The van der Waals surface area contributed by atoms with Gasteiger partial charge in [-0.2, -0.15) is 0 Å². The maximum atomic E-state index is 12.3. The second-order valence-electron chi connectivity index (χ2n) is 5.77. The lowest BCUT2D eigenvalue weighted by atomic mass is 9.85. The molecule has 0 saturated carbocycles. The minimum atomic E-state index is -0.178. The summed E-state index contributed by atoms with van der Waals surface area (Å²) in [5, 5.41) is 2.98. The summed E-state index contributed by atoms with van der Waals surface area (Å²) in [6.45, 7) is 9.62. The summed E-state index contributed by atoms with van der Waals surface area (Å²) >= 11 is 0. The molecule has 4 nitrogen and oxygen atoms in total. The van der Waals surface area contributed by atoms with Gasteiger partial charge < -0.3 is 11.1 Å². The highest BCUT2D eigenvalue weighted by Crippen LogP contribution is 2.19. The first kappa shape index (κ1) is 17.2. The third-order valence-electron chi connectivity index (χ3n) is 3.56. The van der Waals surface area contributed by atoms with Crippen LogP contribution in [-0.2, 0) is 0 Å². The van der Waals surface area contributed by atoms with Gasteiger partial charge in [-0.1, -0.05) is 39.5 Å². The third-order valence-corrected chi connectivity index (χ3v) is 3.56. The first-order valence-corrected chi connectivity index (χ1v) is 7.39. The fourth-order valence-corrected chi connectivity index (χ4v) is 2.37. The van der Waals surface area contributed by atoms with Gasteiger partial charge in [0.1, 0.15) is 5.69 Å². The molecule has 1 rings (SSSR count). The minimum absolute atomic E-state index is 0.178. The Morgan fingerprint density at radius 2 is 2.00 bits per heavy atom. The molecule has 0 spiro atoms. The van der Waals surface area contributed by atoms with Gasteiger partial charge in [-0.15, -0.1) is 0 Å². The topological polar surface area (TPSA) is 68.0 Å². The quantitative estimate of drug-likeness (QED) is 0.814. The molecular formula is C17H25N3O. The summed E-state index contributed by atoms with van der Waals surface area (Å²) in [7, 11) is 0. The molecule has 3 N–H and O–H groups in total. The number of nitrogens with zero attached hydrogens (tertiary/aromatic N) is 1. The molecule has 0 aromatic carbocycles. The van der Waals surface area contributed by atoms with Crippen LogP contribution in [0.2, 0.25) is 0 Å². The van der Waals surface area contributed by atoms with E-state index in [0.29, 0.717) is 35.6 Å². The molecule has 114 valence electrons. The van der Waals surface area contributed by atoms with E-state index in [0.717, 1.165) is 0 Å². The SMILES string of the molecule is CC(C)C(CNC(=O)c1ncccc1C#CCN)C(C)C. The monoisotopic (exact) mass is 287 g/mol. The van der Waals surface area contributed by atoms with Crippen molar-refractivity contribution in [3.05, 3.63) is 29.6 Å².